The zero-order valence-electron chi connectivity index (χ0n) is 3.44. The molecule has 0 aromatic heterocycles. The first-order valence-electron chi connectivity index (χ1n) is 1.97. The summed E-state index contributed by atoms with van der Waals surface area (Å²) in [4.78, 5) is 0. The van der Waals surface area contributed by atoms with Gasteiger partial charge >= 0.3 is 0 Å². The Kier molecular flexibility index (Phi) is 0.741. The van der Waals surface area contributed by atoms with Crippen molar-refractivity contribution in [3.63, 3.8) is 0 Å². The van der Waals surface area contributed by atoms with Gasteiger partial charge in [0.25, 0.3) is 0 Å². The molecule has 2 bridgehead atoms. The highest BCUT2D eigenvalue weighted by molar-refractivity contribution is 8.76. The van der Waals surface area contributed by atoms with E-state index in [0.29, 0.717) is 5.37 Å². The van der Waals surface area contributed by atoms with E-state index in [2.05, 4.69) is 10.3 Å². The van der Waals surface area contributed by atoms with Gasteiger partial charge in [-0.3, -0.25) is 0 Å². The molecule has 0 aromatic carbocycles. The van der Waals surface area contributed by atoms with Gasteiger partial charge in [0.15, 0.2) is 5.37 Å². The molecule has 2 aliphatic rings. The van der Waals surface area contributed by atoms with Gasteiger partial charge in [0.2, 0.25) is 0 Å². The molecule has 0 aromatic rings. The highest BCUT2D eigenvalue weighted by Crippen LogP contribution is 2.43. The summed E-state index contributed by atoms with van der Waals surface area (Å²) in [5.41, 5.74) is 0. The van der Waals surface area contributed by atoms with Crippen molar-refractivity contribution in [1.29, 1.82) is 0 Å². The summed E-state index contributed by atoms with van der Waals surface area (Å²) in [5, 5.41) is 8.14. The summed E-state index contributed by atoms with van der Waals surface area (Å²) in [7, 11) is 3.46. The van der Waals surface area contributed by atoms with Crippen LogP contribution in [0.2, 0.25) is 0 Å². The molecule has 1 unspecified atom stereocenters. The van der Waals surface area contributed by atoms with Crippen LogP contribution in [0.15, 0.2) is 10.3 Å². The van der Waals surface area contributed by atoms with Gasteiger partial charge in [0.05, 0.1) is 6.54 Å². The van der Waals surface area contributed by atoms with Crippen molar-refractivity contribution in [1.82, 2.24) is 4.41 Å². The third kappa shape index (κ3) is 0.516. The predicted octanol–water partition coefficient (Wildman–Crippen LogP) is 1.31. The van der Waals surface area contributed by atoms with E-state index >= 15 is 0 Å². The van der Waals surface area contributed by atoms with E-state index in [0.717, 1.165) is 6.54 Å². The molecule has 0 saturated carbocycles. The van der Waals surface area contributed by atoms with E-state index in [-0.39, 0.29) is 0 Å². The van der Waals surface area contributed by atoms with Gasteiger partial charge in [-0.2, -0.15) is 5.11 Å². The molecule has 38 valence electrons. The molecule has 2 rings (SSSR count). The highest BCUT2D eigenvalue weighted by atomic mass is 33.1. The van der Waals surface area contributed by atoms with E-state index in [9.17, 15) is 0 Å². The maximum Gasteiger partial charge on any atom is 0.150 e. The van der Waals surface area contributed by atoms with Crippen molar-refractivity contribution in [3.8, 4) is 0 Å². The maximum atomic E-state index is 3.90. The van der Waals surface area contributed by atoms with Gasteiger partial charge in [0.1, 0.15) is 0 Å². The fourth-order valence-corrected chi connectivity index (χ4v) is 2.53. The number of hydrogen-bond donors (Lipinski definition) is 0. The zero-order valence-corrected chi connectivity index (χ0v) is 5.08. The van der Waals surface area contributed by atoms with Crippen LogP contribution in [0.25, 0.3) is 0 Å². The number of fused-ring (bicyclic) bond motifs is 2. The Labute approximate surface area is 49.1 Å². The van der Waals surface area contributed by atoms with Crippen LogP contribution >= 0.6 is 21.8 Å². The second kappa shape index (κ2) is 1.29. The molecular weight excluding hydrogens is 130 g/mol. The Morgan fingerprint density at radius 1 is 1.71 bits per heavy atom. The lowest BCUT2D eigenvalue weighted by molar-refractivity contribution is 0.567. The summed E-state index contributed by atoms with van der Waals surface area (Å²) in [6.45, 7) is 1.01. The molecule has 0 spiro atoms. The van der Waals surface area contributed by atoms with Crippen LogP contribution in [-0.4, -0.2) is 16.3 Å². The fourth-order valence-electron chi connectivity index (χ4n) is 0.516. The molecule has 1 fully saturated rings. The lowest BCUT2D eigenvalue weighted by Gasteiger charge is -1.98. The molecule has 7 heavy (non-hydrogen) atoms. The minimum Gasteiger partial charge on any atom is -0.207 e. The van der Waals surface area contributed by atoms with Crippen LogP contribution in [0.4, 0.5) is 0 Å². The number of rotatable bonds is 0. The molecule has 2 heterocycles. The van der Waals surface area contributed by atoms with Crippen molar-refractivity contribution >= 4 is 21.8 Å². The molecule has 1 atom stereocenters. The smallest absolute Gasteiger partial charge is 0.150 e. The second-order valence-electron chi connectivity index (χ2n) is 1.37. The van der Waals surface area contributed by atoms with Gasteiger partial charge in [-0.05, 0) is 10.8 Å². The molecule has 0 amide bonds. The van der Waals surface area contributed by atoms with Gasteiger partial charge < -0.3 is 0 Å². The molecule has 1 saturated heterocycles. The first-order valence-corrected chi connectivity index (χ1v) is 4.14. The Balaban J connectivity index is 2.27. The van der Waals surface area contributed by atoms with Crippen molar-refractivity contribution in [2.24, 2.45) is 10.3 Å². The minimum absolute atomic E-state index is 0.435. The Hall–Kier alpha value is 0.1000. The first kappa shape index (κ1) is 4.03. The van der Waals surface area contributed by atoms with Gasteiger partial charge in [0, 0.05) is 11.0 Å². The molecule has 5 heteroatoms. The maximum absolute atomic E-state index is 3.90. The summed E-state index contributed by atoms with van der Waals surface area (Å²) < 4.78 is 1.90. The SMILES string of the molecule is C1C2N=NN1SS2. The minimum atomic E-state index is 0.435. The van der Waals surface area contributed by atoms with Crippen LogP contribution in [0, 0.1) is 0 Å². The third-order valence-electron chi connectivity index (χ3n) is 0.833. The normalized spacial score (nSPS) is 35.4. The molecule has 0 N–H and O–H groups in total. The average Bonchev–Trinajstić information content (AvgIpc) is 2.22. The van der Waals surface area contributed by atoms with Crippen molar-refractivity contribution < 1.29 is 0 Å². The summed E-state index contributed by atoms with van der Waals surface area (Å²) in [5.74, 6) is 0. The molecule has 2 aliphatic heterocycles. The van der Waals surface area contributed by atoms with Crippen LogP contribution in [0.1, 0.15) is 0 Å². The van der Waals surface area contributed by atoms with E-state index in [4.69, 9.17) is 0 Å². The van der Waals surface area contributed by atoms with Crippen LogP contribution in [-0.2, 0) is 0 Å². The van der Waals surface area contributed by atoms with Crippen molar-refractivity contribution in [2.45, 2.75) is 5.37 Å². The summed E-state index contributed by atoms with van der Waals surface area (Å²) >= 11 is 0. The zero-order chi connectivity index (χ0) is 4.69. The fraction of sp³-hybridized carbons (Fsp3) is 1.00. The van der Waals surface area contributed by atoms with E-state index in [1.165, 1.54) is 0 Å². The topological polar surface area (TPSA) is 28.0 Å². The molecule has 0 radical (unpaired) electrons. The number of hydrogen-bond acceptors (Lipinski definition) is 5. The van der Waals surface area contributed by atoms with Gasteiger partial charge in [-0.15, -0.1) is 0 Å². The highest BCUT2D eigenvalue weighted by Gasteiger charge is 2.28. The van der Waals surface area contributed by atoms with Crippen LogP contribution < -0.4 is 0 Å². The Morgan fingerprint density at radius 2 is 2.71 bits per heavy atom. The second-order valence-corrected chi connectivity index (χ2v) is 3.70. The van der Waals surface area contributed by atoms with Gasteiger partial charge in [-0.25, -0.2) is 4.41 Å². The van der Waals surface area contributed by atoms with Gasteiger partial charge in [-0.1, -0.05) is 5.22 Å². The summed E-state index contributed by atoms with van der Waals surface area (Å²) in [6, 6.07) is 0. The van der Waals surface area contributed by atoms with Crippen molar-refractivity contribution in [2.75, 3.05) is 6.54 Å². The number of nitrogens with zero attached hydrogens (tertiary/aromatic N) is 3. The monoisotopic (exact) mass is 133 g/mol. The van der Waals surface area contributed by atoms with E-state index in [1.807, 2.05) is 4.41 Å². The van der Waals surface area contributed by atoms with E-state index < -0.39 is 0 Å². The van der Waals surface area contributed by atoms with Crippen molar-refractivity contribution in [3.05, 3.63) is 0 Å². The van der Waals surface area contributed by atoms with Crippen LogP contribution in [0.3, 0.4) is 0 Å². The lowest BCUT2D eigenvalue weighted by atomic mass is 10.7. The first-order chi connectivity index (χ1) is 3.45. The Morgan fingerprint density at radius 3 is 2.86 bits per heavy atom. The molecular formula is C2H3N3S2. The van der Waals surface area contributed by atoms with E-state index in [1.54, 1.807) is 21.8 Å². The Bertz CT molecular complexity index is 102. The molecule has 0 aliphatic carbocycles. The lowest BCUT2D eigenvalue weighted by Crippen LogP contribution is -2.00. The quantitative estimate of drug-likeness (QED) is 0.368. The largest absolute Gasteiger partial charge is 0.207 e. The summed E-state index contributed by atoms with van der Waals surface area (Å²) in [6.07, 6.45) is 0. The predicted molar refractivity (Wildman–Crippen MR) is 30.5 cm³/mol. The third-order valence-corrected chi connectivity index (χ3v) is 3.22. The van der Waals surface area contributed by atoms with Crippen LogP contribution in [0.5, 0.6) is 0 Å². The average molecular weight is 133 g/mol. The molecule has 3 nitrogen and oxygen atoms in total. The standard InChI is InChI=1S/C2H3N3S2/c1-2-3-4-5(1)7-6-2/h2H,1H2.